The zero-order chi connectivity index (χ0) is 22.4. The molecule has 0 saturated carbocycles. The Hall–Kier alpha value is -3.26. The number of likely N-dealkylation sites (N-methyl/N-ethyl adjacent to an activating group) is 1. The van der Waals surface area contributed by atoms with Crippen LogP contribution < -0.4 is 10.5 Å². The predicted molar refractivity (Wildman–Crippen MR) is 126 cm³/mol. The number of aromatic nitrogens is 5. The molecule has 0 unspecified atom stereocenters. The van der Waals surface area contributed by atoms with Gasteiger partial charge < -0.3 is 4.90 Å². The van der Waals surface area contributed by atoms with Crippen LogP contribution in [0.4, 0.5) is 5.69 Å². The van der Waals surface area contributed by atoms with Gasteiger partial charge in [0.1, 0.15) is 11.3 Å². The van der Waals surface area contributed by atoms with Crippen LogP contribution in [-0.2, 0) is 6.42 Å². The van der Waals surface area contributed by atoms with Crippen molar-refractivity contribution in [1.82, 2.24) is 28.9 Å². The second kappa shape index (κ2) is 8.02. The Morgan fingerprint density at radius 2 is 1.91 bits per heavy atom. The van der Waals surface area contributed by atoms with Gasteiger partial charge in [-0.1, -0.05) is 13.8 Å². The van der Waals surface area contributed by atoms with Crippen LogP contribution in [0.15, 0.2) is 41.5 Å². The summed E-state index contributed by atoms with van der Waals surface area (Å²) in [5.74, 6) is 0. The summed E-state index contributed by atoms with van der Waals surface area (Å²) in [6, 6.07) is 8.01. The summed E-state index contributed by atoms with van der Waals surface area (Å²) in [5.41, 5.74) is 5.69. The van der Waals surface area contributed by atoms with Gasteiger partial charge in [-0.05, 0) is 45.0 Å². The molecule has 8 nitrogen and oxygen atoms in total. The molecule has 1 fully saturated rings. The molecule has 4 aromatic heterocycles. The number of nitrogens with zero attached hydrogens (tertiary/aromatic N) is 7. The smallest absolute Gasteiger partial charge is 0.258 e. The van der Waals surface area contributed by atoms with Crippen molar-refractivity contribution in [3.63, 3.8) is 0 Å². The fraction of sp³-hybridized carbons (Fsp3) is 0.417. The number of rotatable bonds is 4. The summed E-state index contributed by atoms with van der Waals surface area (Å²) in [6.45, 7) is 12.5. The molecule has 4 aromatic rings. The van der Waals surface area contributed by atoms with E-state index in [0.29, 0.717) is 23.1 Å². The molecule has 0 radical (unpaired) electrons. The van der Waals surface area contributed by atoms with E-state index < -0.39 is 0 Å². The van der Waals surface area contributed by atoms with Gasteiger partial charge in [0, 0.05) is 37.9 Å². The highest BCUT2D eigenvalue weighted by Gasteiger charge is 2.23. The van der Waals surface area contributed by atoms with Gasteiger partial charge in [0.05, 0.1) is 34.5 Å². The van der Waals surface area contributed by atoms with E-state index in [1.165, 1.54) is 0 Å². The van der Waals surface area contributed by atoms with Crippen molar-refractivity contribution in [1.29, 1.82) is 0 Å². The van der Waals surface area contributed by atoms with Crippen molar-refractivity contribution >= 4 is 16.9 Å². The Labute approximate surface area is 187 Å². The molecule has 0 aromatic carbocycles. The maximum Gasteiger partial charge on any atom is 0.258 e. The summed E-state index contributed by atoms with van der Waals surface area (Å²) in [4.78, 5) is 27.2. The Balaban J connectivity index is 1.52. The van der Waals surface area contributed by atoms with Crippen LogP contribution >= 0.6 is 0 Å². The fourth-order valence-corrected chi connectivity index (χ4v) is 4.68. The molecule has 0 N–H and O–H groups in total. The lowest BCUT2D eigenvalue weighted by Crippen LogP contribution is -2.51. The highest BCUT2D eigenvalue weighted by Crippen LogP contribution is 2.22. The largest absolute Gasteiger partial charge is 0.367 e. The van der Waals surface area contributed by atoms with E-state index in [0.717, 1.165) is 55.2 Å². The maximum absolute atomic E-state index is 13.0. The zero-order valence-corrected chi connectivity index (χ0v) is 19.1. The normalized spacial score (nSPS) is 17.5. The molecule has 166 valence electrons. The standard InChI is InChI=1S/C24H29N7O/c1-5-19-22-11-21(27-31(22)13-16(3)25-19)20-12-24(32)30-15-18(7-8-23(30)26-20)29-10-9-28(6-2)17(4)14-29/h7-8,11-13,15,17H,5-6,9-10,14H2,1-4H3/t17-/m1/s1. The highest BCUT2D eigenvalue weighted by molar-refractivity contribution is 5.66. The quantitative estimate of drug-likeness (QED) is 0.495. The third kappa shape index (κ3) is 3.54. The van der Waals surface area contributed by atoms with Gasteiger partial charge in [-0.15, -0.1) is 0 Å². The van der Waals surface area contributed by atoms with Gasteiger partial charge in [0.15, 0.2) is 0 Å². The van der Waals surface area contributed by atoms with Crippen molar-refractivity contribution in [3.05, 3.63) is 58.4 Å². The van der Waals surface area contributed by atoms with Crippen LogP contribution in [0.5, 0.6) is 0 Å². The van der Waals surface area contributed by atoms with E-state index in [-0.39, 0.29) is 5.56 Å². The monoisotopic (exact) mass is 431 g/mol. The van der Waals surface area contributed by atoms with Crippen molar-refractivity contribution in [2.45, 2.75) is 40.2 Å². The van der Waals surface area contributed by atoms with Gasteiger partial charge in [-0.3, -0.25) is 19.1 Å². The summed E-state index contributed by atoms with van der Waals surface area (Å²) in [7, 11) is 0. The van der Waals surface area contributed by atoms with Crippen molar-refractivity contribution in [2.24, 2.45) is 0 Å². The first kappa shape index (κ1) is 20.6. The number of hydrogen-bond donors (Lipinski definition) is 0. The second-order valence-corrected chi connectivity index (χ2v) is 8.56. The topological polar surface area (TPSA) is 71.0 Å². The number of hydrogen-bond acceptors (Lipinski definition) is 6. The number of anilines is 1. The first-order chi connectivity index (χ1) is 15.5. The highest BCUT2D eigenvalue weighted by atomic mass is 16.1. The van der Waals surface area contributed by atoms with Gasteiger partial charge in [-0.25, -0.2) is 9.50 Å². The molecule has 0 bridgehead atoms. The average molecular weight is 432 g/mol. The molecule has 1 atom stereocenters. The van der Waals surface area contributed by atoms with Crippen LogP contribution in [0.1, 0.15) is 32.2 Å². The van der Waals surface area contributed by atoms with E-state index >= 15 is 0 Å². The molecule has 5 rings (SSSR count). The van der Waals surface area contributed by atoms with Crippen molar-refractivity contribution in [3.8, 4) is 11.4 Å². The molecular weight excluding hydrogens is 402 g/mol. The Morgan fingerprint density at radius 1 is 1.06 bits per heavy atom. The van der Waals surface area contributed by atoms with Crippen LogP contribution in [0.2, 0.25) is 0 Å². The lowest BCUT2D eigenvalue weighted by atomic mass is 10.2. The predicted octanol–water partition coefficient (Wildman–Crippen LogP) is 2.81. The summed E-state index contributed by atoms with van der Waals surface area (Å²) < 4.78 is 3.47. The Kier molecular flexibility index (Phi) is 5.17. The minimum atomic E-state index is -0.103. The SMILES string of the molecule is CCc1nc(C)cn2nc(-c3cc(=O)n4cc(N5CCN(CC)[C@H](C)C5)ccc4n3)cc12. The van der Waals surface area contributed by atoms with Crippen molar-refractivity contribution in [2.75, 3.05) is 31.1 Å². The molecule has 1 aliphatic heterocycles. The van der Waals surface area contributed by atoms with Crippen LogP contribution in [0.3, 0.4) is 0 Å². The van der Waals surface area contributed by atoms with Gasteiger partial charge >= 0.3 is 0 Å². The number of fused-ring (bicyclic) bond motifs is 2. The first-order valence-corrected chi connectivity index (χ1v) is 11.4. The molecule has 1 saturated heterocycles. The maximum atomic E-state index is 13.0. The summed E-state index contributed by atoms with van der Waals surface area (Å²) in [6.07, 6.45) is 4.63. The van der Waals surface area contributed by atoms with E-state index in [2.05, 4.69) is 46.7 Å². The number of aryl methyl sites for hydroxylation is 2. The average Bonchev–Trinajstić information content (AvgIpc) is 3.22. The minimum absolute atomic E-state index is 0.103. The fourth-order valence-electron chi connectivity index (χ4n) is 4.68. The van der Waals surface area contributed by atoms with Crippen LogP contribution in [-0.4, -0.2) is 61.1 Å². The van der Waals surface area contributed by atoms with E-state index in [1.807, 2.05) is 36.0 Å². The van der Waals surface area contributed by atoms with E-state index in [1.54, 1.807) is 10.5 Å². The van der Waals surface area contributed by atoms with Gasteiger partial charge in [-0.2, -0.15) is 5.10 Å². The van der Waals surface area contributed by atoms with Crippen LogP contribution in [0.25, 0.3) is 22.6 Å². The van der Waals surface area contributed by atoms with Gasteiger partial charge in [0.25, 0.3) is 5.56 Å². The van der Waals surface area contributed by atoms with Crippen molar-refractivity contribution < 1.29 is 0 Å². The molecule has 5 heterocycles. The van der Waals surface area contributed by atoms with E-state index in [9.17, 15) is 4.79 Å². The summed E-state index contributed by atoms with van der Waals surface area (Å²) in [5, 5.41) is 4.67. The third-order valence-corrected chi connectivity index (χ3v) is 6.43. The molecule has 0 amide bonds. The molecule has 1 aliphatic rings. The first-order valence-electron chi connectivity index (χ1n) is 11.4. The zero-order valence-electron chi connectivity index (χ0n) is 19.1. The Morgan fingerprint density at radius 3 is 2.66 bits per heavy atom. The molecular formula is C24H29N7O. The molecule has 0 aliphatic carbocycles. The summed E-state index contributed by atoms with van der Waals surface area (Å²) >= 11 is 0. The van der Waals surface area contributed by atoms with E-state index in [4.69, 9.17) is 4.98 Å². The lowest BCUT2D eigenvalue weighted by Gasteiger charge is -2.40. The molecule has 32 heavy (non-hydrogen) atoms. The minimum Gasteiger partial charge on any atom is -0.367 e. The lowest BCUT2D eigenvalue weighted by molar-refractivity contribution is 0.199. The molecule has 8 heteroatoms. The number of pyridine rings is 1. The van der Waals surface area contributed by atoms with Crippen LogP contribution in [0, 0.1) is 6.92 Å². The molecule has 0 spiro atoms. The second-order valence-electron chi connectivity index (χ2n) is 8.56. The third-order valence-electron chi connectivity index (χ3n) is 6.43. The van der Waals surface area contributed by atoms with Gasteiger partial charge in [0.2, 0.25) is 0 Å². The Bertz CT molecular complexity index is 1360. The number of piperazine rings is 1.